The maximum Gasteiger partial charge on any atom is 0.271 e. The molecule has 9 nitrogen and oxygen atoms in total. The number of hydrogen-bond donors (Lipinski definition) is 3. The van der Waals surface area contributed by atoms with Gasteiger partial charge in [0.1, 0.15) is 0 Å². The van der Waals surface area contributed by atoms with E-state index in [0.29, 0.717) is 22.6 Å². The summed E-state index contributed by atoms with van der Waals surface area (Å²) in [6.07, 6.45) is 1.44. The van der Waals surface area contributed by atoms with Crippen molar-refractivity contribution < 1.29 is 19.1 Å². The molecule has 4 aromatic carbocycles. The number of benzene rings is 4. The number of carbonyl (C=O) groups is 2. The second-order valence-corrected chi connectivity index (χ2v) is 10.8. The number of hydrazone groups is 1. The number of para-hydroxylation sites is 2. The molecule has 3 N–H and O–H groups in total. The molecule has 11 heteroatoms. The average Bonchev–Trinajstić information content (AvgIpc) is 3.50. The molecule has 2 amide bonds. The van der Waals surface area contributed by atoms with Crippen LogP contribution in [0.3, 0.4) is 0 Å². The van der Waals surface area contributed by atoms with Crippen molar-refractivity contribution in [2.24, 2.45) is 5.10 Å². The van der Waals surface area contributed by atoms with Gasteiger partial charge in [-0.15, -0.1) is 11.3 Å². The van der Waals surface area contributed by atoms with E-state index < -0.39 is 0 Å². The molecule has 0 saturated carbocycles. The van der Waals surface area contributed by atoms with E-state index in [1.807, 2.05) is 79.0 Å². The lowest BCUT2D eigenvalue weighted by molar-refractivity contribution is -0.118. The summed E-state index contributed by atoms with van der Waals surface area (Å²) in [7, 11) is 1.46. The lowest BCUT2D eigenvalue weighted by Crippen LogP contribution is -2.21. The molecule has 222 valence electrons. The molecule has 0 aliphatic heterocycles. The second-order valence-electron chi connectivity index (χ2n) is 9.49. The van der Waals surface area contributed by atoms with Crippen LogP contribution in [0.15, 0.2) is 101 Å². The first-order valence-electron chi connectivity index (χ1n) is 13.5. The Morgan fingerprint density at radius 1 is 1.00 bits per heavy atom. The van der Waals surface area contributed by atoms with Crippen LogP contribution in [0.1, 0.15) is 21.5 Å². The van der Waals surface area contributed by atoms with E-state index in [1.165, 1.54) is 24.7 Å². The Morgan fingerprint density at radius 3 is 2.50 bits per heavy atom. The number of halogens is 1. The highest BCUT2D eigenvalue weighted by atomic mass is 35.5. The number of aryl methyl sites for hydroxylation is 1. The third kappa shape index (κ3) is 7.80. The fourth-order valence-corrected chi connectivity index (χ4v) is 5.14. The maximum absolute atomic E-state index is 12.7. The van der Waals surface area contributed by atoms with Crippen molar-refractivity contribution in [1.29, 1.82) is 0 Å². The molecule has 5 rings (SSSR count). The standard InChI is InChI=1S/C33H28ClN5O4S/c1-21-8-6-7-11-27(21)37-30(40)19-43-31-26(34)16-22(17-29(31)42-2)18-35-39-32(41)24-14-12-23(13-15-24)28-20-44-33(38-28)36-25-9-4-3-5-10-25/h3-18,20H,19H2,1-2H3,(H,36,38)(H,37,40)(H,39,41)/b35-18+. The van der Waals surface area contributed by atoms with E-state index in [4.69, 9.17) is 21.1 Å². The minimum Gasteiger partial charge on any atom is -0.493 e. The molecule has 0 aliphatic carbocycles. The molecular formula is C33H28ClN5O4S. The zero-order chi connectivity index (χ0) is 30.9. The Morgan fingerprint density at radius 2 is 1.75 bits per heavy atom. The summed E-state index contributed by atoms with van der Waals surface area (Å²) in [5, 5.41) is 13.1. The first kappa shape index (κ1) is 30.3. The number of methoxy groups -OCH3 is 1. The number of anilines is 3. The quantitative estimate of drug-likeness (QED) is 0.105. The van der Waals surface area contributed by atoms with Crippen LogP contribution in [0.25, 0.3) is 11.3 Å². The van der Waals surface area contributed by atoms with Crippen molar-refractivity contribution in [3.05, 3.63) is 118 Å². The largest absolute Gasteiger partial charge is 0.493 e. The van der Waals surface area contributed by atoms with Crippen LogP contribution in [0.5, 0.6) is 11.5 Å². The van der Waals surface area contributed by atoms with Crippen molar-refractivity contribution in [3.8, 4) is 22.8 Å². The summed E-state index contributed by atoms with van der Waals surface area (Å²) < 4.78 is 11.1. The van der Waals surface area contributed by atoms with Crippen molar-refractivity contribution >= 4 is 57.5 Å². The smallest absolute Gasteiger partial charge is 0.271 e. The predicted octanol–water partition coefficient (Wildman–Crippen LogP) is 7.31. The first-order valence-corrected chi connectivity index (χ1v) is 14.7. The van der Waals surface area contributed by atoms with Crippen LogP contribution >= 0.6 is 22.9 Å². The minimum atomic E-state index is -0.379. The third-order valence-electron chi connectivity index (χ3n) is 6.37. The summed E-state index contributed by atoms with van der Waals surface area (Å²) in [4.78, 5) is 29.7. The molecule has 0 fully saturated rings. The van der Waals surface area contributed by atoms with Gasteiger partial charge in [-0.05, 0) is 60.5 Å². The van der Waals surface area contributed by atoms with Crippen molar-refractivity contribution in [3.63, 3.8) is 0 Å². The summed E-state index contributed by atoms with van der Waals surface area (Å²) in [6, 6.07) is 27.6. The van der Waals surface area contributed by atoms with E-state index >= 15 is 0 Å². The molecule has 0 bridgehead atoms. The van der Waals surface area contributed by atoms with Gasteiger partial charge >= 0.3 is 0 Å². The van der Waals surface area contributed by atoms with E-state index in [9.17, 15) is 9.59 Å². The Bertz CT molecular complexity index is 1790. The number of nitrogens with one attached hydrogen (secondary N) is 3. The van der Waals surface area contributed by atoms with Crippen molar-refractivity contribution in [1.82, 2.24) is 10.4 Å². The van der Waals surface area contributed by atoms with Crippen LogP contribution in [-0.2, 0) is 4.79 Å². The number of aromatic nitrogens is 1. The lowest BCUT2D eigenvalue weighted by Gasteiger charge is -2.14. The Labute approximate surface area is 263 Å². The number of rotatable bonds is 11. The van der Waals surface area contributed by atoms with Gasteiger partial charge in [-0.25, -0.2) is 10.4 Å². The Kier molecular flexibility index (Phi) is 9.85. The Balaban J connectivity index is 1.16. The highest BCUT2D eigenvalue weighted by Crippen LogP contribution is 2.36. The molecule has 0 spiro atoms. The summed E-state index contributed by atoms with van der Waals surface area (Å²) in [5.74, 6) is -0.183. The molecule has 5 aromatic rings. The fraction of sp³-hybridized carbons (Fsp3) is 0.0909. The lowest BCUT2D eigenvalue weighted by atomic mass is 10.1. The summed E-state index contributed by atoms with van der Waals surface area (Å²) in [5.41, 5.74) is 7.81. The molecule has 0 atom stereocenters. The highest BCUT2D eigenvalue weighted by molar-refractivity contribution is 7.14. The van der Waals surface area contributed by atoms with Crippen LogP contribution in [0.2, 0.25) is 5.02 Å². The maximum atomic E-state index is 12.7. The molecule has 0 aliphatic rings. The molecule has 0 saturated heterocycles. The van der Waals surface area contributed by atoms with Gasteiger partial charge in [0.05, 0.1) is 24.0 Å². The van der Waals surface area contributed by atoms with Gasteiger partial charge < -0.3 is 20.1 Å². The van der Waals surface area contributed by atoms with Gasteiger partial charge in [-0.1, -0.05) is 60.1 Å². The van der Waals surface area contributed by atoms with Crippen LogP contribution < -0.4 is 25.5 Å². The monoisotopic (exact) mass is 625 g/mol. The summed E-state index contributed by atoms with van der Waals surface area (Å²) in [6.45, 7) is 1.64. The molecule has 0 unspecified atom stereocenters. The van der Waals surface area contributed by atoms with E-state index in [0.717, 1.165) is 27.6 Å². The van der Waals surface area contributed by atoms with Crippen molar-refractivity contribution in [2.75, 3.05) is 24.4 Å². The zero-order valence-electron chi connectivity index (χ0n) is 23.8. The van der Waals surface area contributed by atoms with Gasteiger partial charge in [-0.3, -0.25) is 9.59 Å². The van der Waals surface area contributed by atoms with Gasteiger partial charge in [0.2, 0.25) is 0 Å². The van der Waals surface area contributed by atoms with Crippen LogP contribution in [0.4, 0.5) is 16.5 Å². The first-order chi connectivity index (χ1) is 21.4. The fourth-order valence-electron chi connectivity index (χ4n) is 4.12. The van der Waals surface area contributed by atoms with E-state index in [2.05, 4.69) is 26.1 Å². The Hall–Kier alpha value is -5.19. The number of nitrogens with zero attached hydrogens (tertiary/aromatic N) is 2. The number of carbonyl (C=O) groups excluding carboxylic acids is 2. The number of thiazole rings is 1. The predicted molar refractivity (Wildman–Crippen MR) is 176 cm³/mol. The zero-order valence-corrected chi connectivity index (χ0v) is 25.4. The molecule has 1 aromatic heterocycles. The summed E-state index contributed by atoms with van der Waals surface area (Å²) >= 11 is 7.94. The third-order valence-corrected chi connectivity index (χ3v) is 7.41. The van der Waals surface area contributed by atoms with Crippen LogP contribution in [-0.4, -0.2) is 36.7 Å². The van der Waals surface area contributed by atoms with E-state index in [1.54, 1.807) is 24.3 Å². The van der Waals surface area contributed by atoms with Gasteiger partial charge in [0.25, 0.3) is 11.8 Å². The molecule has 44 heavy (non-hydrogen) atoms. The van der Waals surface area contributed by atoms with Crippen molar-refractivity contribution in [2.45, 2.75) is 6.92 Å². The molecule has 1 heterocycles. The van der Waals surface area contributed by atoms with Crippen LogP contribution in [0, 0.1) is 6.92 Å². The highest BCUT2D eigenvalue weighted by Gasteiger charge is 2.14. The van der Waals surface area contributed by atoms with Gasteiger partial charge in [0, 0.05) is 27.9 Å². The number of ether oxygens (including phenoxy) is 2. The number of amides is 2. The molecule has 0 radical (unpaired) electrons. The van der Waals surface area contributed by atoms with Gasteiger partial charge in [0.15, 0.2) is 23.2 Å². The SMILES string of the molecule is COc1cc(/C=N/NC(=O)c2ccc(-c3csc(Nc4ccccc4)n3)cc2)cc(Cl)c1OCC(=O)Nc1ccccc1C. The average molecular weight is 626 g/mol. The minimum absolute atomic E-state index is 0.221. The normalized spacial score (nSPS) is 10.8. The number of hydrogen-bond acceptors (Lipinski definition) is 8. The van der Waals surface area contributed by atoms with E-state index in [-0.39, 0.29) is 29.2 Å². The van der Waals surface area contributed by atoms with Gasteiger partial charge in [-0.2, -0.15) is 5.10 Å². The second kappa shape index (κ2) is 14.3. The molecular weight excluding hydrogens is 598 g/mol. The topological polar surface area (TPSA) is 114 Å².